The molecule has 0 atom stereocenters. The molecule has 0 bridgehead atoms. The molecule has 0 unspecified atom stereocenters. The van der Waals surface area contributed by atoms with Gasteiger partial charge in [0.1, 0.15) is 4.88 Å². The number of carbonyl (C=O) groups excluding carboxylic acids is 2. The second-order valence-electron chi connectivity index (χ2n) is 6.11. The van der Waals surface area contributed by atoms with Crippen LogP contribution in [0, 0.1) is 0 Å². The highest BCUT2D eigenvalue weighted by molar-refractivity contribution is 7.12. The highest BCUT2D eigenvalue weighted by Gasteiger charge is 2.33. The van der Waals surface area contributed by atoms with Gasteiger partial charge in [-0.15, -0.1) is 11.3 Å². The minimum atomic E-state index is -4.56. The van der Waals surface area contributed by atoms with Gasteiger partial charge in [0.25, 0.3) is 11.8 Å². The first-order chi connectivity index (χ1) is 14.6. The average Bonchev–Trinajstić information content (AvgIpc) is 3.17. The number of alkyl halides is 3. The highest BCUT2D eigenvalue weighted by atomic mass is 35.5. The maximum absolute atomic E-state index is 13.1. The molecule has 0 aliphatic carbocycles. The number of rotatable bonds is 5. The van der Waals surface area contributed by atoms with E-state index in [1.165, 1.54) is 35.8 Å². The number of aromatic hydroxyl groups is 1. The molecule has 0 aliphatic rings. The van der Waals surface area contributed by atoms with Crippen LogP contribution >= 0.6 is 34.5 Å². The van der Waals surface area contributed by atoms with Crippen LogP contribution in [0.3, 0.4) is 0 Å². The predicted octanol–water partition coefficient (Wildman–Crippen LogP) is 5.36. The number of aromatic nitrogens is 1. The van der Waals surface area contributed by atoms with Crippen LogP contribution in [-0.2, 0) is 12.7 Å². The molecule has 2 aromatic carbocycles. The van der Waals surface area contributed by atoms with Gasteiger partial charge in [0.05, 0.1) is 21.1 Å². The number of hydrogen-bond acceptors (Lipinski definition) is 5. The number of amides is 2. The molecule has 2 amide bonds. The third-order valence-corrected chi connectivity index (χ3v) is 5.45. The fraction of sp³-hybridized carbons (Fsp3) is 0.105. The van der Waals surface area contributed by atoms with Crippen molar-refractivity contribution in [2.45, 2.75) is 12.7 Å². The van der Waals surface area contributed by atoms with Gasteiger partial charge in [0, 0.05) is 12.1 Å². The Bertz CT molecular complexity index is 1130. The minimum absolute atomic E-state index is 0.00573. The molecule has 3 aromatic rings. The SMILES string of the molecule is O=C(Nc1ncsc1C(=O)NCc1ccccc1C(F)(F)F)c1cc(Cl)c(O)c(Cl)c1. The second kappa shape index (κ2) is 9.13. The number of halogens is 5. The summed E-state index contributed by atoms with van der Waals surface area (Å²) in [6, 6.07) is 7.23. The van der Waals surface area contributed by atoms with Crippen molar-refractivity contribution in [1.82, 2.24) is 10.3 Å². The molecule has 0 radical (unpaired) electrons. The van der Waals surface area contributed by atoms with Gasteiger partial charge in [-0.05, 0) is 23.8 Å². The maximum atomic E-state index is 13.1. The molecule has 0 spiro atoms. The summed E-state index contributed by atoms with van der Waals surface area (Å²) in [5, 5.41) is 14.1. The Morgan fingerprint density at radius 3 is 2.39 bits per heavy atom. The van der Waals surface area contributed by atoms with E-state index in [1.807, 2.05) is 0 Å². The standard InChI is InChI=1S/C19H12Cl2F3N3O3S/c20-12-5-10(6-13(21)14(12)28)17(29)27-16-15(31-8-26-16)18(30)25-7-9-3-1-2-4-11(9)19(22,23)24/h1-6,8,28H,7H2,(H,25,30)(H,27,29). The molecule has 1 heterocycles. The van der Waals surface area contributed by atoms with Crippen molar-refractivity contribution in [2.24, 2.45) is 0 Å². The molecular formula is C19H12Cl2F3N3O3S. The van der Waals surface area contributed by atoms with Gasteiger partial charge in [0.15, 0.2) is 11.6 Å². The third kappa shape index (κ3) is 5.27. The lowest BCUT2D eigenvalue weighted by Gasteiger charge is -2.13. The lowest BCUT2D eigenvalue weighted by atomic mass is 10.1. The van der Waals surface area contributed by atoms with E-state index in [0.717, 1.165) is 17.4 Å². The molecule has 31 heavy (non-hydrogen) atoms. The van der Waals surface area contributed by atoms with E-state index >= 15 is 0 Å². The van der Waals surface area contributed by atoms with Crippen LogP contribution in [0.4, 0.5) is 19.0 Å². The predicted molar refractivity (Wildman–Crippen MR) is 111 cm³/mol. The molecule has 0 saturated heterocycles. The number of benzene rings is 2. The number of carbonyl (C=O) groups is 2. The molecule has 3 N–H and O–H groups in total. The van der Waals surface area contributed by atoms with Gasteiger partial charge in [0.2, 0.25) is 0 Å². The van der Waals surface area contributed by atoms with Crippen LogP contribution in [0.25, 0.3) is 0 Å². The van der Waals surface area contributed by atoms with Crippen LogP contribution in [-0.4, -0.2) is 21.9 Å². The van der Waals surface area contributed by atoms with Crippen molar-refractivity contribution in [3.63, 3.8) is 0 Å². The van der Waals surface area contributed by atoms with E-state index < -0.39 is 23.6 Å². The van der Waals surface area contributed by atoms with Crippen LogP contribution in [0.5, 0.6) is 5.75 Å². The zero-order valence-corrected chi connectivity index (χ0v) is 17.6. The van der Waals surface area contributed by atoms with Crippen LogP contribution in [0.1, 0.15) is 31.2 Å². The number of thiazole rings is 1. The smallest absolute Gasteiger partial charge is 0.416 e. The summed E-state index contributed by atoms with van der Waals surface area (Å²) < 4.78 is 39.3. The molecule has 6 nitrogen and oxygen atoms in total. The first-order valence-corrected chi connectivity index (χ1v) is 10.1. The summed E-state index contributed by atoms with van der Waals surface area (Å²) >= 11 is 12.5. The zero-order chi connectivity index (χ0) is 22.8. The van der Waals surface area contributed by atoms with Crippen molar-refractivity contribution in [3.05, 3.63) is 73.5 Å². The van der Waals surface area contributed by atoms with E-state index in [9.17, 15) is 27.9 Å². The Morgan fingerprint density at radius 2 is 1.74 bits per heavy atom. The van der Waals surface area contributed by atoms with Crippen molar-refractivity contribution in [2.75, 3.05) is 5.32 Å². The van der Waals surface area contributed by atoms with E-state index in [2.05, 4.69) is 15.6 Å². The van der Waals surface area contributed by atoms with E-state index in [1.54, 1.807) is 0 Å². The quantitative estimate of drug-likeness (QED) is 0.450. The summed E-state index contributed by atoms with van der Waals surface area (Å²) in [6.45, 7) is -0.372. The normalized spacial score (nSPS) is 11.3. The molecule has 12 heteroatoms. The van der Waals surface area contributed by atoms with Crippen LogP contribution in [0.2, 0.25) is 10.0 Å². The van der Waals surface area contributed by atoms with Crippen LogP contribution in [0.15, 0.2) is 41.9 Å². The fourth-order valence-electron chi connectivity index (χ4n) is 2.58. The zero-order valence-electron chi connectivity index (χ0n) is 15.3. The molecule has 0 aliphatic heterocycles. The molecule has 162 valence electrons. The second-order valence-corrected chi connectivity index (χ2v) is 7.78. The first kappa shape index (κ1) is 22.9. The van der Waals surface area contributed by atoms with Gasteiger partial charge < -0.3 is 15.7 Å². The Morgan fingerprint density at radius 1 is 1.10 bits per heavy atom. The number of nitrogens with one attached hydrogen (secondary N) is 2. The fourth-order valence-corrected chi connectivity index (χ4v) is 3.72. The summed E-state index contributed by atoms with van der Waals surface area (Å²) in [5.41, 5.74) is 0.345. The number of phenols is 1. The number of anilines is 1. The summed E-state index contributed by atoms with van der Waals surface area (Å²) in [4.78, 5) is 28.8. The molecule has 1 aromatic heterocycles. The topological polar surface area (TPSA) is 91.3 Å². The van der Waals surface area contributed by atoms with Gasteiger partial charge >= 0.3 is 6.18 Å². The Hall–Kier alpha value is -2.82. The first-order valence-electron chi connectivity index (χ1n) is 8.44. The molecule has 0 fully saturated rings. The Kier molecular flexibility index (Phi) is 6.73. The summed E-state index contributed by atoms with van der Waals surface area (Å²) in [7, 11) is 0. The molecular weight excluding hydrogens is 478 g/mol. The van der Waals surface area contributed by atoms with Gasteiger partial charge in [-0.3, -0.25) is 9.59 Å². The monoisotopic (exact) mass is 489 g/mol. The number of phenolic OH excluding ortho intramolecular Hbond substituents is 1. The van der Waals surface area contributed by atoms with E-state index in [0.29, 0.717) is 0 Å². The number of hydrogen-bond donors (Lipinski definition) is 3. The summed E-state index contributed by atoms with van der Waals surface area (Å²) in [6.07, 6.45) is -4.56. The average molecular weight is 490 g/mol. The molecule has 3 rings (SSSR count). The van der Waals surface area contributed by atoms with Crippen molar-refractivity contribution in [3.8, 4) is 5.75 Å². The van der Waals surface area contributed by atoms with Gasteiger partial charge in [-0.1, -0.05) is 41.4 Å². The van der Waals surface area contributed by atoms with E-state index in [-0.39, 0.29) is 44.2 Å². The van der Waals surface area contributed by atoms with Crippen molar-refractivity contribution < 1.29 is 27.9 Å². The van der Waals surface area contributed by atoms with Crippen molar-refractivity contribution >= 4 is 52.2 Å². The Labute approximate surface area is 187 Å². The van der Waals surface area contributed by atoms with Crippen LogP contribution < -0.4 is 10.6 Å². The molecule has 0 saturated carbocycles. The lowest BCUT2D eigenvalue weighted by Crippen LogP contribution is -2.25. The lowest BCUT2D eigenvalue weighted by molar-refractivity contribution is -0.138. The highest BCUT2D eigenvalue weighted by Crippen LogP contribution is 2.33. The van der Waals surface area contributed by atoms with Crippen molar-refractivity contribution in [1.29, 1.82) is 0 Å². The third-order valence-electron chi connectivity index (χ3n) is 4.05. The van der Waals surface area contributed by atoms with Gasteiger partial charge in [-0.25, -0.2) is 4.98 Å². The van der Waals surface area contributed by atoms with E-state index in [4.69, 9.17) is 23.2 Å². The number of nitrogens with zero attached hydrogens (tertiary/aromatic N) is 1. The minimum Gasteiger partial charge on any atom is -0.505 e. The Balaban J connectivity index is 1.73. The maximum Gasteiger partial charge on any atom is 0.416 e. The summed E-state index contributed by atoms with van der Waals surface area (Å²) in [5.74, 6) is -1.88. The van der Waals surface area contributed by atoms with Gasteiger partial charge in [-0.2, -0.15) is 13.2 Å². The largest absolute Gasteiger partial charge is 0.505 e.